The van der Waals surface area contributed by atoms with Crippen molar-refractivity contribution in [2.24, 2.45) is 4.99 Å². The van der Waals surface area contributed by atoms with Crippen LogP contribution >= 0.6 is 35.7 Å². The first-order valence-electron chi connectivity index (χ1n) is 7.02. The van der Waals surface area contributed by atoms with Crippen molar-refractivity contribution < 1.29 is 4.79 Å². The molecule has 0 saturated carbocycles. The van der Waals surface area contributed by atoms with Crippen molar-refractivity contribution in [3.05, 3.63) is 12.7 Å². The second-order valence-corrected chi connectivity index (χ2v) is 5.67. The summed E-state index contributed by atoms with van der Waals surface area (Å²) in [6, 6.07) is 0. The summed E-state index contributed by atoms with van der Waals surface area (Å²) in [4.78, 5) is 17.4. The lowest BCUT2D eigenvalue weighted by Crippen LogP contribution is -2.40. The van der Waals surface area contributed by atoms with Crippen molar-refractivity contribution in [3.8, 4) is 0 Å². The first kappa shape index (κ1) is 22.8. The maximum Gasteiger partial charge on any atom is 0.243 e. The number of guanidine groups is 1. The molecule has 1 amide bonds. The van der Waals surface area contributed by atoms with E-state index in [9.17, 15) is 4.79 Å². The lowest BCUT2D eigenvalue weighted by Gasteiger charge is -2.13. The third kappa shape index (κ3) is 14.3. The Balaban J connectivity index is 0. The number of hydrogen-bond donors (Lipinski definition) is 2. The van der Waals surface area contributed by atoms with Gasteiger partial charge in [0.15, 0.2) is 5.96 Å². The number of nitrogens with one attached hydrogen (secondary N) is 2. The highest BCUT2D eigenvalue weighted by molar-refractivity contribution is 14.0. The largest absolute Gasteiger partial charge is 0.356 e. The summed E-state index contributed by atoms with van der Waals surface area (Å²) in [5.41, 5.74) is 0. The Kier molecular flexibility index (Phi) is 17.3. The summed E-state index contributed by atoms with van der Waals surface area (Å²) < 4.78 is 0. The molecule has 0 fully saturated rings. The fourth-order valence-corrected chi connectivity index (χ4v) is 1.83. The van der Waals surface area contributed by atoms with E-state index >= 15 is 0 Å². The van der Waals surface area contributed by atoms with Gasteiger partial charge < -0.3 is 15.5 Å². The molecule has 0 spiro atoms. The lowest BCUT2D eigenvalue weighted by atomic mass is 10.3. The zero-order valence-corrected chi connectivity index (χ0v) is 16.5. The Bertz CT molecular complexity index is 311. The first-order chi connectivity index (χ1) is 9.61. The number of hydrogen-bond acceptors (Lipinski definition) is 3. The van der Waals surface area contributed by atoms with Gasteiger partial charge >= 0.3 is 0 Å². The molecule has 0 aromatic rings. The van der Waals surface area contributed by atoms with E-state index in [1.54, 1.807) is 19.0 Å². The molecule has 0 unspecified atom stereocenters. The fourth-order valence-electron chi connectivity index (χ4n) is 1.25. The molecule has 21 heavy (non-hydrogen) atoms. The molecule has 7 heteroatoms. The van der Waals surface area contributed by atoms with Crippen LogP contribution in [-0.4, -0.2) is 62.0 Å². The summed E-state index contributed by atoms with van der Waals surface area (Å²) in [6.45, 7) is 7.71. The number of rotatable bonds is 10. The molecule has 0 aliphatic heterocycles. The molecule has 0 saturated heterocycles. The Morgan fingerprint density at radius 1 is 1.33 bits per heavy atom. The summed E-state index contributed by atoms with van der Waals surface area (Å²) >= 11 is 1.81. The maximum absolute atomic E-state index is 11.5. The van der Waals surface area contributed by atoms with Gasteiger partial charge in [0.25, 0.3) is 0 Å². The summed E-state index contributed by atoms with van der Waals surface area (Å²) in [5, 5.41) is 6.49. The molecule has 2 N–H and O–H groups in total. The normalized spacial score (nSPS) is 10.5. The number of unbranched alkanes of at least 4 members (excludes halogenated alkanes) is 1. The molecular weight excluding hydrogens is 399 g/mol. The second kappa shape index (κ2) is 15.9. The molecule has 0 aliphatic rings. The van der Waals surface area contributed by atoms with E-state index < -0.39 is 0 Å². The summed E-state index contributed by atoms with van der Waals surface area (Å²) in [5.74, 6) is 2.66. The summed E-state index contributed by atoms with van der Waals surface area (Å²) in [7, 11) is 3.47. The van der Waals surface area contributed by atoms with Crippen molar-refractivity contribution in [2.45, 2.75) is 19.8 Å². The Hall–Kier alpha value is -0.440. The number of thioether (sulfide) groups is 1. The van der Waals surface area contributed by atoms with Crippen molar-refractivity contribution in [1.82, 2.24) is 15.5 Å². The predicted molar refractivity (Wildman–Crippen MR) is 105 cm³/mol. The van der Waals surface area contributed by atoms with Gasteiger partial charge in [-0.25, -0.2) is 4.99 Å². The smallest absolute Gasteiger partial charge is 0.243 e. The number of halogens is 1. The average molecular weight is 428 g/mol. The quantitative estimate of drug-likeness (QED) is 0.184. The average Bonchev–Trinajstić information content (AvgIpc) is 2.43. The standard InChI is InChI=1S/C14H28N4OS.HI/c1-5-7-8-15-14(16-9-11-20-10-6-2)17-12-13(19)18(3)4;/h6H,2,5,7-12H2,1,3-4H3,(H2,15,16,17);1H. The number of likely N-dealkylation sites (N-methyl/N-ethyl adjacent to an activating group) is 1. The van der Waals surface area contributed by atoms with Gasteiger partial charge in [0.05, 0.1) is 0 Å². The molecular formula is C14H29IN4OS. The molecule has 0 bridgehead atoms. The number of aliphatic imine (C=N–C) groups is 1. The van der Waals surface area contributed by atoms with E-state index in [4.69, 9.17) is 0 Å². The van der Waals surface area contributed by atoms with Crippen LogP contribution in [-0.2, 0) is 4.79 Å². The van der Waals surface area contributed by atoms with Crippen LogP contribution in [0.1, 0.15) is 19.8 Å². The third-order valence-corrected chi connectivity index (χ3v) is 3.43. The van der Waals surface area contributed by atoms with Gasteiger partial charge in [-0.05, 0) is 6.42 Å². The van der Waals surface area contributed by atoms with E-state index in [0.717, 1.165) is 37.4 Å². The monoisotopic (exact) mass is 428 g/mol. The third-order valence-electron chi connectivity index (χ3n) is 2.47. The van der Waals surface area contributed by atoms with Gasteiger partial charge in [0.1, 0.15) is 6.54 Å². The minimum atomic E-state index is 0. The van der Waals surface area contributed by atoms with Crippen LogP contribution in [0.5, 0.6) is 0 Å². The Labute approximate surface area is 150 Å². The molecule has 5 nitrogen and oxygen atoms in total. The van der Waals surface area contributed by atoms with Crippen molar-refractivity contribution in [1.29, 1.82) is 0 Å². The van der Waals surface area contributed by atoms with Crippen molar-refractivity contribution in [2.75, 3.05) is 45.2 Å². The molecule has 0 atom stereocenters. The Morgan fingerprint density at radius 2 is 2.00 bits per heavy atom. The number of carbonyl (C=O) groups is 1. The zero-order valence-electron chi connectivity index (χ0n) is 13.4. The molecule has 0 heterocycles. The van der Waals surface area contributed by atoms with E-state index in [2.05, 4.69) is 29.1 Å². The van der Waals surface area contributed by atoms with Crippen LogP contribution < -0.4 is 10.6 Å². The number of amides is 1. The highest BCUT2D eigenvalue weighted by Crippen LogP contribution is 1.97. The van der Waals surface area contributed by atoms with Crippen molar-refractivity contribution in [3.63, 3.8) is 0 Å². The molecule has 0 rings (SSSR count). The second-order valence-electron chi connectivity index (χ2n) is 4.52. The van der Waals surface area contributed by atoms with Crippen LogP contribution in [0, 0.1) is 0 Å². The number of nitrogens with zero attached hydrogens (tertiary/aromatic N) is 2. The molecule has 0 radical (unpaired) electrons. The van der Waals surface area contributed by atoms with Crippen LogP contribution in [0.4, 0.5) is 0 Å². The predicted octanol–water partition coefficient (Wildman–Crippen LogP) is 1.95. The van der Waals surface area contributed by atoms with Gasteiger partial charge in [-0.3, -0.25) is 4.79 Å². The molecule has 0 aromatic heterocycles. The van der Waals surface area contributed by atoms with E-state index in [0.29, 0.717) is 5.96 Å². The van der Waals surface area contributed by atoms with E-state index in [1.807, 2.05) is 17.8 Å². The highest BCUT2D eigenvalue weighted by Gasteiger charge is 2.03. The summed E-state index contributed by atoms with van der Waals surface area (Å²) in [6.07, 6.45) is 4.12. The van der Waals surface area contributed by atoms with Crippen LogP contribution in [0.25, 0.3) is 0 Å². The molecule has 0 aliphatic carbocycles. The van der Waals surface area contributed by atoms with Gasteiger partial charge in [0, 0.05) is 38.7 Å². The first-order valence-corrected chi connectivity index (χ1v) is 8.18. The highest BCUT2D eigenvalue weighted by atomic mass is 127. The van der Waals surface area contributed by atoms with Gasteiger partial charge in [-0.2, -0.15) is 11.8 Å². The minimum Gasteiger partial charge on any atom is -0.356 e. The molecule has 124 valence electrons. The maximum atomic E-state index is 11.5. The van der Waals surface area contributed by atoms with Crippen LogP contribution in [0.3, 0.4) is 0 Å². The number of carbonyl (C=O) groups excluding carboxylic acids is 1. The van der Waals surface area contributed by atoms with Gasteiger partial charge in [-0.15, -0.1) is 30.6 Å². The van der Waals surface area contributed by atoms with Crippen LogP contribution in [0.15, 0.2) is 17.6 Å². The molecule has 0 aromatic carbocycles. The minimum absolute atomic E-state index is 0. The lowest BCUT2D eigenvalue weighted by molar-refractivity contribution is -0.127. The van der Waals surface area contributed by atoms with Crippen molar-refractivity contribution >= 4 is 47.6 Å². The van der Waals surface area contributed by atoms with E-state index in [1.165, 1.54) is 0 Å². The topological polar surface area (TPSA) is 56.7 Å². The van der Waals surface area contributed by atoms with Gasteiger partial charge in [0.2, 0.25) is 5.91 Å². The van der Waals surface area contributed by atoms with Crippen LogP contribution in [0.2, 0.25) is 0 Å². The van der Waals surface area contributed by atoms with Gasteiger partial charge in [-0.1, -0.05) is 19.4 Å². The SMILES string of the molecule is C=CCSCCNC(=NCC(=O)N(C)C)NCCCC.I. The fraction of sp³-hybridized carbons (Fsp3) is 0.714. The Morgan fingerprint density at radius 3 is 2.57 bits per heavy atom. The van der Waals surface area contributed by atoms with E-state index in [-0.39, 0.29) is 36.4 Å². The zero-order chi connectivity index (χ0) is 15.2.